The van der Waals surface area contributed by atoms with Crippen molar-refractivity contribution >= 4 is 17.1 Å². The molecule has 0 heterocycles. The van der Waals surface area contributed by atoms with Crippen LogP contribution < -0.4 is 0 Å². The Kier molecular flexibility index (Phi) is 5.70. The third-order valence-corrected chi connectivity index (χ3v) is 4.69. The maximum absolute atomic E-state index is 12.5. The van der Waals surface area contributed by atoms with Gasteiger partial charge in [0.15, 0.2) is 0 Å². The third-order valence-electron chi connectivity index (χ3n) is 4.69. The second-order valence-corrected chi connectivity index (χ2v) is 7.15. The summed E-state index contributed by atoms with van der Waals surface area (Å²) in [5.41, 5.74) is 5.11. The van der Waals surface area contributed by atoms with Crippen molar-refractivity contribution in [2.75, 3.05) is 6.61 Å². The van der Waals surface area contributed by atoms with Crippen molar-refractivity contribution in [3.05, 3.63) is 71.8 Å². The Balaban J connectivity index is 1.90. The zero-order chi connectivity index (χ0) is 17.6. The van der Waals surface area contributed by atoms with E-state index in [4.69, 9.17) is 4.74 Å². The summed E-state index contributed by atoms with van der Waals surface area (Å²) in [5, 5.41) is 0. The van der Waals surface area contributed by atoms with Gasteiger partial charge in [-0.3, -0.25) is 4.79 Å². The van der Waals surface area contributed by atoms with E-state index in [2.05, 4.69) is 62.4 Å². The largest absolute Gasteiger partial charge is 0.465 e. The van der Waals surface area contributed by atoms with Crippen molar-refractivity contribution in [1.82, 2.24) is 0 Å². The van der Waals surface area contributed by atoms with Gasteiger partial charge in [-0.15, -0.1) is 0 Å². The lowest BCUT2D eigenvalue weighted by molar-refractivity contribution is -0.149. The first kappa shape index (κ1) is 17.5. The van der Waals surface area contributed by atoms with Crippen LogP contribution in [0.2, 0.25) is 0 Å². The Bertz CT molecular complexity index is 729. The molecule has 1 atom stereocenters. The van der Waals surface area contributed by atoms with E-state index in [1.807, 2.05) is 12.1 Å². The van der Waals surface area contributed by atoms with Crippen molar-refractivity contribution in [3.63, 3.8) is 0 Å². The SMILES string of the molecule is CC(C)COC(=O)C1CCC(c2ccccc2)=C(c2ccccc2)C1. The Morgan fingerprint density at radius 3 is 2.08 bits per heavy atom. The van der Waals surface area contributed by atoms with Gasteiger partial charge in [0.25, 0.3) is 0 Å². The molecular weight excluding hydrogens is 308 g/mol. The first-order valence-corrected chi connectivity index (χ1v) is 9.14. The summed E-state index contributed by atoms with van der Waals surface area (Å²) < 4.78 is 5.51. The monoisotopic (exact) mass is 334 g/mol. The second-order valence-electron chi connectivity index (χ2n) is 7.15. The van der Waals surface area contributed by atoms with Gasteiger partial charge in [0.2, 0.25) is 0 Å². The molecule has 0 saturated carbocycles. The third kappa shape index (κ3) is 4.39. The molecule has 1 unspecified atom stereocenters. The minimum absolute atomic E-state index is 0.0404. The number of allylic oxidation sites excluding steroid dienone is 2. The van der Waals surface area contributed by atoms with Crippen molar-refractivity contribution in [1.29, 1.82) is 0 Å². The van der Waals surface area contributed by atoms with Crippen LogP contribution in [0.3, 0.4) is 0 Å². The predicted octanol–water partition coefficient (Wildman–Crippen LogP) is 5.60. The molecule has 3 rings (SSSR count). The molecule has 1 aliphatic carbocycles. The lowest BCUT2D eigenvalue weighted by Gasteiger charge is -2.27. The van der Waals surface area contributed by atoms with Crippen LogP contribution in [0.4, 0.5) is 0 Å². The molecule has 0 saturated heterocycles. The maximum Gasteiger partial charge on any atom is 0.309 e. The quantitative estimate of drug-likeness (QED) is 0.666. The molecule has 0 aromatic heterocycles. The fraction of sp³-hybridized carbons (Fsp3) is 0.348. The Morgan fingerprint density at radius 1 is 0.960 bits per heavy atom. The number of hydrogen-bond acceptors (Lipinski definition) is 2. The van der Waals surface area contributed by atoms with Gasteiger partial charge in [0.1, 0.15) is 0 Å². The van der Waals surface area contributed by atoms with Crippen molar-refractivity contribution < 1.29 is 9.53 Å². The maximum atomic E-state index is 12.5. The van der Waals surface area contributed by atoms with E-state index in [0.29, 0.717) is 12.5 Å². The fourth-order valence-corrected chi connectivity index (χ4v) is 3.40. The van der Waals surface area contributed by atoms with Crippen LogP contribution in [0.25, 0.3) is 11.1 Å². The molecule has 0 bridgehead atoms. The van der Waals surface area contributed by atoms with E-state index in [-0.39, 0.29) is 11.9 Å². The smallest absolute Gasteiger partial charge is 0.309 e. The van der Waals surface area contributed by atoms with E-state index in [0.717, 1.165) is 19.3 Å². The summed E-state index contributed by atoms with van der Waals surface area (Å²) in [5.74, 6) is 0.284. The van der Waals surface area contributed by atoms with Crippen LogP contribution in [-0.4, -0.2) is 12.6 Å². The number of rotatable bonds is 5. The highest BCUT2D eigenvalue weighted by atomic mass is 16.5. The van der Waals surface area contributed by atoms with E-state index >= 15 is 0 Å². The Labute approximate surface area is 150 Å². The zero-order valence-corrected chi connectivity index (χ0v) is 15.1. The average Bonchev–Trinajstić information content (AvgIpc) is 2.67. The van der Waals surface area contributed by atoms with Gasteiger partial charge in [0.05, 0.1) is 12.5 Å². The number of esters is 1. The van der Waals surface area contributed by atoms with Gasteiger partial charge in [0, 0.05) is 0 Å². The van der Waals surface area contributed by atoms with Crippen LogP contribution in [-0.2, 0) is 9.53 Å². The Hall–Kier alpha value is -2.35. The number of carbonyl (C=O) groups is 1. The van der Waals surface area contributed by atoms with Crippen LogP contribution in [0.15, 0.2) is 60.7 Å². The Morgan fingerprint density at radius 2 is 1.52 bits per heavy atom. The molecule has 25 heavy (non-hydrogen) atoms. The summed E-state index contributed by atoms with van der Waals surface area (Å²) in [4.78, 5) is 12.5. The van der Waals surface area contributed by atoms with E-state index in [1.54, 1.807) is 0 Å². The lowest BCUT2D eigenvalue weighted by Crippen LogP contribution is -2.23. The molecule has 2 aromatic carbocycles. The van der Waals surface area contributed by atoms with E-state index in [9.17, 15) is 4.79 Å². The van der Waals surface area contributed by atoms with Gasteiger partial charge < -0.3 is 4.74 Å². The van der Waals surface area contributed by atoms with Crippen molar-refractivity contribution in [2.24, 2.45) is 11.8 Å². The summed E-state index contributed by atoms with van der Waals surface area (Å²) in [7, 11) is 0. The molecule has 0 aliphatic heterocycles. The highest BCUT2D eigenvalue weighted by molar-refractivity contribution is 5.93. The van der Waals surface area contributed by atoms with E-state index in [1.165, 1.54) is 22.3 Å². The number of carbonyl (C=O) groups excluding carboxylic acids is 1. The van der Waals surface area contributed by atoms with Gasteiger partial charge in [-0.1, -0.05) is 74.5 Å². The van der Waals surface area contributed by atoms with Gasteiger partial charge in [-0.2, -0.15) is 0 Å². The summed E-state index contributed by atoms with van der Waals surface area (Å²) in [6.45, 7) is 4.64. The number of hydrogen-bond donors (Lipinski definition) is 0. The minimum Gasteiger partial charge on any atom is -0.465 e. The molecule has 0 N–H and O–H groups in total. The molecule has 0 fully saturated rings. The van der Waals surface area contributed by atoms with Crippen LogP contribution in [0.5, 0.6) is 0 Å². The van der Waals surface area contributed by atoms with Gasteiger partial charge in [-0.25, -0.2) is 0 Å². The molecule has 0 radical (unpaired) electrons. The summed E-state index contributed by atoms with van der Waals surface area (Å²) in [6.07, 6.45) is 2.53. The minimum atomic E-state index is -0.0470. The number of ether oxygens (including phenoxy) is 1. The van der Waals surface area contributed by atoms with E-state index < -0.39 is 0 Å². The first-order chi connectivity index (χ1) is 12.1. The second kappa shape index (κ2) is 8.15. The highest BCUT2D eigenvalue weighted by Gasteiger charge is 2.28. The molecule has 0 spiro atoms. The molecule has 1 aliphatic rings. The molecule has 130 valence electrons. The number of benzene rings is 2. The summed E-state index contributed by atoms with van der Waals surface area (Å²) in [6, 6.07) is 21.0. The van der Waals surface area contributed by atoms with Gasteiger partial charge >= 0.3 is 5.97 Å². The van der Waals surface area contributed by atoms with Crippen LogP contribution in [0, 0.1) is 11.8 Å². The van der Waals surface area contributed by atoms with Crippen LogP contribution >= 0.6 is 0 Å². The molecule has 2 heteroatoms. The van der Waals surface area contributed by atoms with Crippen molar-refractivity contribution in [3.8, 4) is 0 Å². The highest BCUT2D eigenvalue weighted by Crippen LogP contribution is 2.41. The van der Waals surface area contributed by atoms with Gasteiger partial charge in [-0.05, 0) is 47.5 Å². The van der Waals surface area contributed by atoms with Crippen LogP contribution in [0.1, 0.15) is 44.2 Å². The lowest BCUT2D eigenvalue weighted by atomic mass is 9.78. The molecule has 2 aromatic rings. The average molecular weight is 334 g/mol. The first-order valence-electron chi connectivity index (χ1n) is 9.14. The normalized spacial score (nSPS) is 17.6. The fourth-order valence-electron chi connectivity index (χ4n) is 3.40. The topological polar surface area (TPSA) is 26.3 Å². The zero-order valence-electron chi connectivity index (χ0n) is 15.1. The standard InChI is InChI=1S/C23H26O2/c1-17(2)16-25-23(24)20-13-14-21(18-9-5-3-6-10-18)22(15-20)19-11-7-4-8-12-19/h3-12,17,20H,13-16H2,1-2H3. The molecular formula is C23H26O2. The van der Waals surface area contributed by atoms with Crippen molar-refractivity contribution in [2.45, 2.75) is 33.1 Å². The molecule has 0 amide bonds. The predicted molar refractivity (Wildman–Crippen MR) is 103 cm³/mol. The molecule has 2 nitrogen and oxygen atoms in total. The summed E-state index contributed by atoms with van der Waals surface area (Å²) >= 11 is 0.